The van der Waals surface area contributed by atoms with Gasteiger partial charge in [0.2, 0.25) is 0 Å². The molecule has 4 heterocycles. The molecule has 0 saturated heterocycles. The van der Waals surface area contributed by atoms with E-state index < -0.39 is 91.0 Å². The molecule has 4 atom stereocenters. The molecule has 0 radical (unpaired) electrons. The van der Waals surface area contributed by atoms with E-state index in [2.05, 4.69) is 55.2 Å². The highest BCUT2D eigenvalue weighted by Crippen LogP contribution is 2.33. The Hall–Kier alpha value is -9.55. The first-order valence-electron chi connectivity index (χ1n) is 33.8. The number of aliphatic hydroxyl groups is 3. The molecule has 27 nitrogen and oxygen atoms in total. The van der Waals surface area contributed by atoms with E-state index in [0.717, 1.165) is 46.3 Å². The summed E-state index contributed by atoms with van der Waals surface area (Å²) in [6.07, 6.45) is 6.31. The smallest absolute Gasteiger partial charge is 0.444 e. The highest BCUT2D eigenvalue weighted by molar-refractivity contribution is 6.76. The highest BCUT2D eigenvalue weighted by atomic mass is 28.3. The van der Waals surface area contributed by atoms with E-state index in [1.54, 1.807) is 177 Å². The van der Waals surface area contributed by atoms with Gasteiger partial charge in [0, 0.05) is 74.2 Å². The van der Waals surface area contributed by atoms with Crippen LogP contribution < -0.4 is 22.1 Å². The fourth-order valence-electron chi connectivity index (χ4n) is 9.31. The van der Waals surface area contributed by atoms with Crippen LogP contribution >= 0.6 is 0 Å². The van der Waals surface area contributed by atoms with Crippen molar-refractivity contribution in [1.29, 1.82) is 0 Å². The molecule has 8 aromatic rings. The molecule has 8 rings (SSSR count). The fraction of sp³-hybridized carbons (Fsp3) is 0.453. The number of nitrogens with two attached hydrogens (primary N) is 2. The van der Waals surface area contributed by atoms with Gasteiger partial charge in [-0.3, -0.25) is 0 Å². The summed E-state index contributed by atoms with van der Waals surface area (Å²) in [5.41, 5.74) is 16.1. The Morgan fingerprint density at radius 1 is 0.505 bits per heavy atom. The molecule has 0 aliphatic rings. The molecular formula is C75H106N12O15Si. The van der Waals surface area contributed by atoms with Crippen molar-refractivity contribution >= 4 is 38.6 Å². The van der Waals surface area contributed by atoms with E-state index in [1.807, 2.05) is 59.3 Å². The summed E-state index contributed by atoms with van der Waals surface area (Å²) >= 11 is 0. The summed E-state index contributed by atoms with van der Waals surface area (Å²) in [5.74, 6) is 0. The van der Waals surface area contributed by atoms with Crippen molar-refractivity contribution in [2.24, 2.45) is 11.5 Å². The van der Waals surface area contributed by atoms with Crippen molar-refractivity contribution in [2.75, 3.05) is 32.8 Å². The number of nitrogens with zero attached hydrogens (tertiary/aromatic N) is 7. The maximum absolute atomic E-state index is 12.5. The van der Waals surface area contributed by atoms with Gasteiger partial charge in [-0.1, -0.05) is 117 Å². The van der Waals surface area contributed by atoms with Crippen molar-refractivity contribution in [3.63, 3.8) is 0 Å². The molecule has 2 amide bonds. The zero-order valence-electron chi connectivity index (χ0n) is 62.6. The van der Waals surface area contributed by atoms with Crippen LogP contribution in [0.5, 0.6) is 0 Å². The van der Waals surface area contributed by atoms with Gasteiger partial charge >= 0.3 is 30.5 Å². The molecule has 4 aromatic heterocycles. The quantitative estimate of drug-likeness (QED) is 0.0152. The van der Waals surface area contributed by atoms with Crippen LogP contribution in [0.2, 0.25) is 25.7 Å². The lowest BCUT2D eigenvalue weighted by Crippen LogP contribution is -2.36. The van der Waals surface area contributed by atoms with Gasteiger partial charge in [0.15, 0.2) is 0 Å². The minimum Gasteiger partial charge on any atom is -0.444 e. The minimum absolute atomic E-state index is 0.0291. The van der Waals surface area contributed by atoms with Crippen LogP contribution in [-0.4, -0.2) is 153 Å². The molecule has 0 bridgehead atoms. The van der Waals surface area contributed by atoms with Gasteiger partial charge in [0.25, 0.3) is 0 Å². The third kappa shape index (κ3) is 29.7. The van der Waals surface area contributed by atoms with Crippen LogP contribution in [0, 0.1) is 0 Å². The summed E-state index contributed by atoms with van der Waals surface area (Å²) in [6.45, 7) is 35.0. The number of ether oxygens (including phenoxy) is 7. The number of amides is 2. The first-order chi connectivity index (χ1) is 48.0. The molecule has 0 saturated carbocycles. The minimum atomic E-state index is -1.06. The fourth-order valence-corrected chi connectivity index (χ4v) is 10.1. The zero-order valence-corrected chi connectivity index (χ0v) is 63.6. The predicted octanol–water partition coefficient (Wildman–Crippen LogP) is 13.7. The largest absolute Gasteiger partial charge is 0.509 e. The van der Waals surface area contributed by atoms with E-state index >= 15 is 0 Å². The van der Waals surface area contributed by atoms with Crippen molar-refractivity contribution in [3.8, 4) is 45.0 Å². The number of aromatic nitrogens is 8. The van der Waals surface area contributed by atoms with Crippen molar-refractivity contribution in [2.45, 2.75) is 189 Å². The molecule has 0 aliphatic heterocycles. The number of nitrogens with one attached hydrogen (secondary N) is 3. The predicted molar refractivity (Wildman–Crippen MR) is 396 cm³/mol. The lowest BCUT2D eigenvalue weighted by Gasteiger charge is -2.25. The monoisotopic (exact) mass is 1440 g/mol. The standard InChI is InChI=1S/C26H37N3O7.C21H29N3O5.C17H27N3O2Si.C11H13N3O/c1-24(2,3)34-21(30)27-14-20(33-23(32)36-26(7,8)9)18-13-11-10-12-17(18)19-15-29(16-28-19)22(31)35-25(4,5)6;1-20(2,3)28-18(26)22-11-17(25)15-10-8-7-9-14(15)16-12-24(13-23-16)19(27)29-21(4,5)6;1-23(2,3)9-8-22-13-20-11-16(19-12-20)14-6-4-5-7-15(14)17(21)10-18;12-5-11(15)9-4-2-1-3-8(9)10-6-13-7-14-10/h10-13,15-16,20H,14H2,1-9H3,(H,27,30);7-10,12-13,17,25H,11H2,1-6H3,(H,22,26);4-7,11-12,17,21H,8-10,13,18H2,1-3H3;1-4,6-7,11,15H,5,12H2,(H,13,14). The van der Waals surface area contributed by atoms with Gasteiger partial charge in [-0.2, -0.15) is 0 Å². The first-order valence-corrected chi connectivity index (χ1v) is 37.5. The molecule has 4 unspecified atom stereocenters. The average Bonchev–Trinajstić information content (AvgIpc) is 1.75. The third-order valence-corrected chi connectivity index (χ3v) is 15.6. The van der Waals surface area contributed by atoms with E-state index in [-0.39, 0.29) is 26.2 Å². The Labute approximate surface area is 605 Å². The topological polar surface area (TPSA) is 369 Å². The number of hydrogen-bond acceptors (Lipinski definition) is 21. The number of benzene rings is 4. The van der Waals surface area contributed by atoms with Gasteiger partial charge in [-0.05, 0) is 127 Å². The summed E-state index contributed by atoms with van der Waals surface area (Å²) in [5, 5.41) is 35.6. The first kappa shape index (κ1) is 84.1. The molecule has 0 aliphatic carbocycles. The Morgan fingerprint density at radius 2 is 0.893 bits per heavy atom. The van der Waals surface area contributed by atoms with E-state index in [4.69, 9.17) is 44.6 Å². The van der Waals surface area contributed by atoms with Gasteiger partial charge in [0.1, 0.15) is 53.5 Å². The number of alkyl carbamates (subject to hydrolysis) is 2. The second kappa shape index (κ2) is 37.6. The third-order valence-electron chi connectivity index (χ3n) is 13.9. The average molecular weight is 1440 g/mol. The number of carbonyl (C=O) groups excluding carboxylic acids is 5. The molecule has 10 N–H and O–H groups in total. The molecule has 103 heavy (non-hydrogen) atoms. The van der Waals surface area contributed by atoms with Crippen LogP contribution in [0.3, 0.4) is 0 Å². The Balaban J connectivity index is 0.000000257. The molecule has 28 heteroatoms. The number of carbonyl (C=O) groups is 5. The van der Waals surface area contributed by atoms with Crippen molar-refractivity contribution < 1.29 is 72.5 Å². The van der Waals surface area contributed by atoms with Crippen LogP contribution in [0.15, 0.2) is 147 Å². The van der Waals surface area contributed by atoms with Gasteiger partial charge in [-0.25, -0.2) is 53.0 Å². The summed E-state index contributed by atoms with van der Waals surface area (Å²) in [6, 6.07) is 30.6. The number of H-pyrrole nitrogens is 1. The molecule has 0 fully saturated rings. The van der Waals surface area contributed by atoms with E-state index in [1.165, 1.54) is 28.0 Å². The summed E-state index contributed by atoms with van der Waals surface area (Å²) in [4.78, 5) is 81.3. The Bertz CT molecular complexity index is 3980. The zero-order chi connectivity index (χ0) is 76.7. The second-order valence-electron chi connectivity index (χ2n) is 30.1. The SMILES string of the molecule is CC(C)(C)OC(=O)NCC(O)c1ccccc1-c1cn(C(=O)OC(C)(C)C)cn1.CC(C)(C)OC(=O)NCC(OC(=O)OC(C)(C)C)c1ccccc1-c1cn(C(=O)OC(C)(C)C)cn1.C[Si](C)(C)CCOCn1cnc(-c2ccccc2C(O)CN)c1.NCC(O)c1ccccc1-c1cnc[nH]1. The summed E-state index contributed by atoms with van der Waals surface area (Å²) in [7, 11) is -1.06. The lowest BCUT2D eigenvalue weighted by molar-refractivity contribution is -0.0280. The van der Waals surface area contributed by atoms with Gasteiger partial charge in [-0.15, -0.1) is 0 Å². The Morgan fingerprint density at radius 3 is 1.32 bits per heavy atom. The van der Waals surface area contributed by atoms with E-state index in [9.17, 15) is 39.3 Å². The van der Waals surface area contributed by atoms with Crippen LogP contribution in [-0.2, 0) is 39.9 Å². The van der Waals surface area contributed by atoms with Crippen molar-refractivity contribution in [3.05, 3.63) is 169 Å². The lowest BCUT2D eigenvalue weighted by atomic mass is 10.00. The molecule has 0 spiro atoms. The normalized spacial score (nSPS) is 13.0. The highest BCUT2D eigenvalue weighted by Gasteiger charge is 2.29. The molecule has 4 aromatic carbocycles. The van der Waals surface area contributed by atoms with Crippen LogP contribution in [0.25, 0.3) is 45.0 Å². The van der Waals surface area contributed by atoms with Crippen LogP contribution in [0.4, 0.5) is 24.0 Å². The molecule has 560 valence electrons. The maximum Gasteiger partial charge on any atom is 0.509 e. The second-order valence-corrected chi connectivity index (χ2v) is 35.7. The maximum atomic E-state index is 12.5. The number of aromatic amines is 1. The number of hydrogen-bond donors (Lipinski definition) is 8. The van der Waals surface area contributed by atoms with Gasteiger partial charge < -0.3 is 80.1 Å². The number of aliphatic hydroxyl groups excluding tert-OH is 3. The van der Waals surface area contributed by atoms with Gasteiger partial charge in [0.05, 0.1) is 73.0 Å². The summed E-state index contributed by atoms with van der Waals surface area (Å²) < 4.78 is 42.3. The Kier molecular flexibility index (Phi) is 30.7. The molecular weight excluding hydrogens is 1340 g/mol. The van der Waals surface area contributed by atoms with E-state index in [0.29, 0.717) is 40.4 Å². The van der Waals surface area contributed by atoms with Crippen LogP contribution in [0.1, 0.15) is 151 Å². The number of rotatable bonds is 20. The number of imidazole rings is 4. The van der Waals surface area contributed by atoms with Crippen molar-refractivity contribution in [1.82, 2.24) is 49.3 Å².